The number of piperazine rings is 1. The zero-order chi connectivity index (χ0) is 52.0. The molecule has 8 N–H and O–H groups in total. The van der Waals surface area contributed by atoms with Crippen molar-refractivity contribution in [2.45, 2.75) is 91.9 Å². The van der Waals surface area contributed by atoms with Gasteiger partial charge in [0, 0.05) is 88.6 Å². The van der Waals surface area contributed by atoms with Crippen LogP contribution in [0.4, 0.5) is 9.59 Å². The molecule has 7 rings (SSSR count). The fraction of sp³-hybridized carbons (Fsp3) is 0.580. The van der Waals surface area contributed by atoms with E-state index in [1.54, 1.807) is 42.5 Å². The number of nitrogens with zero attached hydrogens (tertiary/aromatic N) is 4. The van der Waals surface area contributed by atoms with E-state index in [4.69, 9.17) is 31.0 Å². The number of likely N-dealkylation sites (tertiary alicyclic amines) is 2. The number of carbonyl (C=O) groups excluding carboxylic acids is 2. The van der Waals surface area contributed by atoms with Crippen molar-refractivity contribution in [2.75, 3.05) is 105 Å². The predicted molar refractivity (Wildman–Crippen MR) is 278 cm³/mol. The molecule has 400 valence electrons. The summed E-state index contributed by atoms with van der Waals surface area (Å²) < 4.78 is 71.9. The molecule has 73 heavy (non-hydrogen) atoms. The van der Waals surface area contributed by atoms with Crippen LogP contribution >= 0.6 is 11.6 Å². The van der Waals surface area contributed by atoms with Crippen molar-refractivity contribution in [1.29, 1.82) is 5.26 Å². The second-order valence-corrected chi connectivity index (χ2v) is 23.1. The Hall–Kier alpha value is -4.64. The van der Waals surface area contributed by atoms with E-state index in [9.17, 15) is 31.7 Å². The van der Waals surface area contributed by atoms with E-state index in [2.05, 4.69) is 65.9 Å². The Morgan fingerprint density at radius 1 is 0.781 bits per heavy atom. The van der Waals surface area contributed by atoms with Gasteiger partial charge in [-0.2, -0.15) is 5.26 Å². The number of ether oxygens (including phenoxy) is 3. The molecule has 3 aliphatic heterocycles. The second-order valence-electron chi connectivity index (χ2n) is 19.4. The van der Waals surface area contributed by atoms with E-state index in [1.807, 2.05) is 18.2 Å². The van der Waals surface area contributed by atoms with Gasteiger partial charge >= 0.3 is 12.1 Å². The van der Waals surface area contributed by atoms with Gasteiger partial charge < -0.3 is 45.7 Å². The van der Waals surface area contributed by atoms with Crippen LogP contribution in [-0.4, -0.2) is 173 Å². The van der Waals surface area contributed by atoms with Crippen LogP contribution in [0.2, 0.25) is 5.02 Å². The Morgan fingerprint density at radius 2 is 1.38 bits per heavy atom. The maximum atomic E-state index is 13.5. The van der Waals surface area contributed by atoms with Crippen molar-refractivity contribution in [3.63, 3.8) is 0 Å². The molecule has 0 aromatic heterocycles. The number of hydrogen-bond acceptors (Lipinski definition) is 14. The summed E-state index contributed by atoms with van der Waals surface area (Å²) in [4.78, 5) is 31.5. The van der Waals surface area contributed by atoms with E-state index in [0.717, 1.165) is 55.8 Å². The fourth-order valence-corrected chi connectivity index (χ4v) is 12.7. The Labute approximate surface area is 435 Å². The quantitative estimate of drug-likeness (QED) is 0.0603. The minimum Gasteiger partial charge on any atom is -0.484 e. The third kappa shape index (κ3) is 16.4. The molecular weight excluding hydrogens is 998 g/mol. The number of fused-ring (bicyclic) bond motifs is 1. The molecule has 23 heteroatoms. The smallest absolute Gasteiger partial charge is 0.314 e. The SMILES string of the molecule is C[C@@H]1CN([C@H]2Cc3c(C#N)cc(Cl)cc3[C@@H]2Oc2ccc(S(=O)(=O)N[C@H]3CCN(CCOCCNC(=O)NCCCCNC(=O)NCCOCCN4CC[C@@H](c5ccccc5S(N)(=O)=O)C4)C3)cc2)C[C@H](C)N1. The number of nitrogens with two attached hydrogens (primary N) is 1. The van der Waals surface area contributed by atoms with Gasteiger partial charge in [0.2, 0.25) is 20.0 Å². The number of carbonyl (C=O) groups is 2. The molecule has 0 saturated carbocycles. The van der Waals surface area contributed by atoms with Gasteiger partial charge in [-0.3, -0.25) is 9.80 Å². The first-order valence-corrected chi connectivity index (χ1v) is 28.7. The lowest BCUT2D eigenvalue weighted by molar-refractivity contribution is 0.0480. The number of primary sulfonamides is 1. The number of nitrogens with one attached hydrogen (secondary N) is 6. The molecule has 4 amide bonds. The fourth-order valence-electron chi connectivity index (χ4n) is 10.3. The molecule has 3 aromatic rings. The third-order valence-corrected chi connectivity index (χ3v) is 16.5. The summed E-state index contributed by atoms with van der Waals surface area (Å²) >= 11 is 6.48. The number of unbranched alkanes of at least 4 members (excludes halogenated alkanes) is 1. The van der Waals surface area contributed by atoms with E-state index < -0.39 is 26.2 Å². The van der Waals surface area contributed by atoms with Crippen molar-refractivity contribution in [2.24, 2.45) is 5.14 Å². The number of sulfonamides is 2. The Balaban J connectivity index is 0.692. The molecular formula is C50H72ClN11O9S2. The molecule has 1 aliphatic carbocycles. The zero-order valence-electron chi connectivity index (χ0n) is 41.8. The molecule has 4 aliphatic rings. The van der Waals surface area contributed by atoms with Gasteiger partial charge in [-0.1, -0.05) is 29.8 Å². The number of rotatable bonds is 25. The number of amides is 4. The van der Waals surface area contributed by atoms with Crippen molar-refractivity contribution >= 4 is 43.7 Å². The third-order valence-electron chi connectivity index (χ3n) is 13.8. The van der Waals surface area contributed by atoms with Gasteiger partial charge in [-0.05, 0) is 124 Å². The average molecular weight is 1070 g/mol. The highest BCUT2D eigenvalue weighted by Gasteiger charge is 2.42. The van der Waals surface area contributed by atoms with Gasteiger partial charge in [-0.15, -0.1) is 0 Å². The minimum absolute atomic E-state index is 0.0200. The number of benzene rings is 3. The summed E-state index contributed by atoms with van der Waals surface area (Å²) in [6, 6.07) is 19.0. The number of hydrogen-bond donors (Lipinski definition) is 7. The molecule has 20 nitrogen and oxygen atoms in total. The van der Waals surface area contributed by atoms with Crippen LogP contribution in [0.3, 0.4) is 0 Å². The van der Waals surface area contributed by atoms with Crippen molar-refractivity contribution in [1.82, 2.24) is 46.0 Å². The standard InChI is InChI=1S/C50H72ClN11O9S2/c1-35-31-62(32-36(2)58-35)46-29-44-38(30-52)27-39(51)28-45(44)48(46)71-41-9-11-42(12-10-41)73(67,68)59-40-14-20-61(34-40)22-26-70-24-18-57-50(64)55-16-6-5-15-54-49(63)56-17-23-69-25-21-60-19-13-37(33-60)43-7-3-4-8-47(43)72(53,65)66/h3-4,7-12,27-28,35-37,40,46,48,58-59H,5-6,13-26,29,31-34H2,1-2H3,(H2,53,65,66)(H2,54,56,63)(H2,55,57,64)/t35-,36+,37-,40+,46+,48+/m1/s1. The van der Waals surface area contributed by atoms with Crippen LogP contribution in [0.5, 0.6) is 5.75 Å². The maximum absolute atomic E-state index is 13.5. The van der Waals surface area contributed by atoms with Crippen molar-refractivity contribution < 1.29 is 40.6 Å². The molecule has 3 saturated heterocycles. The molecule has 0 radical (unpaired) electrons. The predicted octanol–water partition coefficient (Wildman–Crippen LogP) is 2.84. The Kier molecular flexibility index (Phi) is 20.5. The Morgan fingerprint density at radius 3 is 2.01 bits per heavy atom. The molecule has 0 spiro atoms. The number of halogens is 1. The lowest BCUT2D eigenvalue weighted by atomic mass is 9.98. The van der Waals surface area contributed by atoms with Crippen LogP contribution < -0.4 is 41.2 Å². The van der Waals surface area contributed by atoms with Gasteiger partial charge in [0.25, 0.3) is 0 Å². The topological polar surface area (TPSA) is 262 Å². The van der Waals surface area contributed by atoms with Crippen molar-refractivity contribution in [3.8, 4) is 11.8 Å². The second kappa shape index (κ2) is 26.7. The van der Waals surface area contributed by atoms with Crippen LogP contribution in [0.1, 0.15) is 73.8 Å². The van der Waals surface area contributed by atoms with Crippen LogP contribution in [-0.2, 0) is 35.9 Å². The lowest BCUT2D eigenvalue weighted by Crippen LogP contribution is -2.58. The number of nitriles is 1. The molecule has 3 fully saturated rings. The highest BCUT2D eigenvalue weighted by Crippen LogP contribution is 2.42. The van der Waals surface area contributed by atoms with Gasteiger partial charge in [0.1, 0.15) is 11.9 Å². The van der Waals surface area contributed by atoms with Crippen LogP contribution in [0.15, 0.2) is 70.5 Å². The molecule has 0 unspecified atom stereocenters. The summed E-state index contributed by atoms with van der Waals surface area (Å²) in [5.41, 5.74) is 3.14. The van der Waals surface area contributed by atoms with E-state index >= 15 is 0 Å². The highest BCUT2D eigenvalue weighted by atomic mass is 35.5. The van der Waals surface area contributed by atoms with Gasteiger partial charge in [-0.25, -0.2) is 36.3 Å². The summed E-state index contributed by atoms with van der Waals surface area (Å²) in [6.07, 6.45) is 3.14. The summed E-state index contributed by atoms with van der Waals surface area (Å²) in [5, 5.41) is 30.6. The first kappa shape index (κ1) is 56.1. The van der Waals surface area contributed by atoms with E-state index in [0.29, 0.717) is 126 Å². The largest absolute Gasteiger partial charge is 0.484 e. The van der Waals surface area contributed by atoms with E-state index in [-0.39, 0.29) is 39.9 Å². The minimum atomic E-state index is -3.80. The maximum Gasteiger partial charge on any atom is 0.314 e. The monoisotopic (exact) mass is 1070 g/mol. The van der Waals surface area contributed by atoms with Crippen LogP contribution in [0.25, 0.3) is 0 Å². The number of urea groups is 2. The lowest BCUT2D eigenvalue weighted by Gasteiger charge is -2.41. The summed E-state index contributed by atoms with van der Waals surface area (Å²) in [6.45, 7) is 13.4. The van der Waals surface area contributed by atoms with Crippen molar-refractivity contribution in [3.05, 3.63) is 87.9 Å². The molecule has 6 atom stereocenters. The first-order chi connectivity index (χ1) is 35.1. The zero-order valence-corrected chi connectivity index (χ0v) is 44.2. The van der Waals surface area contributed by atoms with Gasteiger partial charge in [0.05, 0.1) is 53.9 Å². The van der Waals surface area contributed by atoms with E-state index in [1.165, 1.54) is 0 Å². The highest BCUT2D eigenvalue weighted by molar-refractivity contribution is 7.89. The Bertz CT molecular complexity index is 2580. The first-order valence-electron chi connectivity index (χ1n) is 25.3. The molecule has 3 aromatic carbocycles. The molecule has 3 heterocycles. The van der Waals surface area contributed by atoms with Crippen LogP contribution in [0, 0.1) is 11.3 Å². The average Bonchev–Trinajstić information content (AvgIpc) is 4.11. The summed E-state index contributed by atoms with van der Waals surface area (Å²) in [5.74, 6) is 0.621. The molecule has 0 bridgehead atoms. The normalized spacial score (nSPS) is 22.7. The summed E-state index contributed by atoms with van der Waals surface area (Å²) in [7, 11) is -7.58. The van der Waals surface area contributed by atoms with Gasteiger partial charge in [0.15, 0.2) is 0 Å².